The van der Waals surface area contributed by atoms with Crippen LogP contribution in [0.1, 0.15) is 67.2 Å². The molecule has 1 fully saturated rings. The van der Waals surface area contributed by atoms with Gasteiger partial charge in [0, 0.05) is 19.6 Å². The second-order valence-electron chi connectivity index (χ2n) is 7.77. The van der Waals surface area contributed by atoms with Crippen LogP contribution in [0.4, 0.5) is 0 Å². The lowest BCUT2D eigenvalue weighted by Gasteiger charge is -2.49. The first-order valence-electron chi connectivity index (χ1n) is 8.31. The minimum Gasteiger partial charge on any atom is -0.366 e. The normalized spacial score (nSPS) is 21.4. The molecule has 0 unspecified atom stereocenters. The van der Waals surface area contributed by atoms with E-state index in [2.05, 4.69) is 41.5 Å². The molecule has 2 N–H and O–H groups in total. The maximum atomic E-state index is 13.2. The Hall–Kier alpha value is -0.610. The summed E-state index contributed by atoms with van der Waals surface area (Å²) in [7, 11) is 0. The van der Waals surface area contributed by atoms with Crippen molar-refractivity contribution in [2.45, 2.75) is 78.4 Å². The Labute approximate surface area is 130 Å². The van der Waals surface area contributed by atoms with Gasteiger partial charge in [0.15, 0.2) is 0 Å². The molecule has 21 heavy (non-hydrogen) atoms. The van der Waals surface area contributed by atoms with Gasteiger partial charge in [-0.2, -0.15) is 0 Å². The molecule has 0 aromatic rings. The molecule has 0 atom stereocenters. The third-order valence-electron chi connectivity index (χ3n) is 4.28. The molecule has 1 aliphatic heterocycles. The van der Waals surface area contributed by atoms with Crippen LogP contribution in [0.15, 0.2) is 0 Å². The lowest BCUT2D eigenvalue weighted by molar-refractivity contribution is -0.193. The van der Waals surface area contributed by atoms with Gasteiger partial charge in [-0.1, -0.05) is 26.7 Å². The SMILES string of the molecule is CCCC(CN)(CCC)C(=O)N1CC(C)(C)OC(C)(C)C1. The molecule has 0 saturated carbocycles. The Kier molecular flexibility index (Phi) is 5.84. The average molecular weight is 298 g/mol. The van der Waals surface area contributed by atoms with E-state index in [4.69, 9.17) is 10.5 Å². The predicted octanol–water partition coefficient (Wildman–Crippen LogP) is 2.95. The van der Waals surface area contributed by atoms with Crippen molar-refractivity contribution in [2.24, 2.45) is 11.1 Å². The number of nitrogens with zero attached hydrogens (tertiary/aromatic N) is 1. The fourth-order valence-electron chi connectivity index (χ4n) is 3.85. The zero-order chi connectivity index (χ0) is 16.3. The smallest absolute Gasteiger partial charge is 0.230 e. The Balaban J connectivity index is 3.02. The van der Waals surface area contributed by atoms with Crippen LogP contribution in [0.5, 0.6) is 0 Å². The van der Waals surface area contributed by atoms with E-state index in [1.165, 1.54) is 0 Å². The topological polar surface area (TPSA) is 55.6 Å². The molecule has 1 amide bonds. The standard InChI is InChI=1S/C17H34N2O2/c1-7-9-17(11-18,10-8-2)14(20)19-12-15(3,4)21-16(5,6)13-19/h7-13,18H2,1-6H3. The number of nitrogens with two attached hydrogens (primary N) is 1. The van der Waals surface area contributed by atoms with E-state index in [9.17, 15) is 4.79 Å². The molecule has 1 rings (SSSR count). The molecule has 1 aliphatic rings. The first-order chi connectivity index (χ1) is 9.61. The van der Waals surface area contributed by atoms with E-state index in [1.807, 2.05) is 4.90 Å². The van der Waals surface area contributed by atoms with Crippen molar-refractivity contribution in [3.8, 4) is 0 Å². The highest BCUT2D eigenvalue weighted by atomic mass is 16.5. The van der Waals surface area contributed by atoms with E-state index in [-0.39, 0.29) is 17.1 Å². The van der Waals surface area contributed by atoms with Gasteiger partial charge in [0.1, 0.15) is 0 Å². The third-order valence-corrected chi connectivity index (χ3v) is 4.28. The number of carbonyl (C=O) groups is 1. The summed E-state index contributed by atoms with van der Waals surface area (Å²) < 4.78 is 6.08. The molecule has 0 bridgehead atoms. The van der Waals surface area contributed by atoms with Gasteiger partial charge in [0.2, 0.25) is 5.91 Å². The highest BCUT2D eigenvalue weighted by Gasteiger charge is 2.45. The minimum atomic E-state index is -0.396. The summed E-state index contributed by atoms with van der Waals surface area (Å²) >= 11 is 0. The monoisotopic (exact) mass is 298 g/mol. The van der Waals surface area contributed by atoms with Gasteiger partial charge in [0.25, 0.3) is 0 Å². The van der Waals surface area contributed by atoms with Crippen molar-refractivity contribution in [3.63, 3.8) is 0 Å². The summed E-state index contributed by atoms with van der Waals surface area (Å²) in [5.74, 6) is 0.221. The molecule has 0 aromatic carbocycles. The maximum absolute atomic E-state index is 13.2. The van der Waals surface area contributed by atoms with Gasteiger partial charge < -0.3 is 15.4 Å². The van der Waals surface area contributed by atoms with Crippen LogP contribution in [0.25, 0.3) is 0 Å². The summed E-state index contributed by atoms with van der Waals surface area (Å²) in [6, 6.07) is 0. The Morgan fingerprint density at radius 3 is 1.86 bits per heavy atom. The second-order valence-corrected chi connectivity index (χ2v) is 7.77. The largest absolute Gasteiger partial charge is 0.366 e. The summed E-state index contributed by atoms with van der Waals surface area (Å²) in [5.41, 5.74) is 5.03. The molecule has 0 aliphatic carbocycles. The Morgan fingerprint density at radius 1 is 1.10 bits per heavy atom. The highest BCUT2D eigenvalue weighted by molar-refractivity contribution is 5.83. The molecular formula is C17H34N2O2. The average Bonchev–Trinajstić information content (AvgIpc) is 2.33. The summed E-state index contributed by atoms with van der Waals surface area (Å²) in [4.78, 5) is 15.2. The van der Waals surface area contributed by atoms with E-state index < -0.39 is 5.41 Å². The lowest BCUT2D eigenvalue weighted by Crippen LogP contribution is -2.62. The van der Waals surface area contributed by atoms with E-state index in [1.54, 1.807) is 0 Å². The number of ether oxygens (including phenoxy) is 1. The van der Waals surface area contributed by atoms with Gasteiger partial charge in [-0.3, -0.25) is 4.79 Å². The van der Waals surface area contributed by atoms with Crippen LogP contribution in [-0.2, 0) is 9.53 Å². The number of rotatable bonds is 6. The number of hydrogen-bond acceptors (Lipinski definition) is 3. The van der Waals surface area contributed by atoms with Crippen LogP contribution < -0.4 is 5.73 Å². The molecule has 124 valence electrons. The molecule has 1 saturated heterocycles. The van der Waals surface area contributed by atoms with E-state index in [0.717, 1.165) is 25.7 Å². The molecule has 4 heteroatoms. The second kappa shape index (κ2) is 6.66. The summed E-state index contributed by atoms with van der Waals surface area (Å²) in [6.07, 6.45) is 3.71. The summed E-state index contributed by atoms with van der Waals surface area (Å²) in [6.45, 7) is 14.2. The van der Waals surface area contributed by atoms with Crippen molar-refractivity contribution < 1.29 is 9.53 Å². The fourth-order valence-corrected chi connectivity index (χ4v) is 3.85. The molecule has 0 spiro atoms. The number of morpholine rings is 1. The van der Waals surface area contributed by atoms with Crippen LogP contribution in [-0.4, -0.2) is 41.6 Å². The first-order valence-corrected chi connectivity index (χ1v) is 8.31. The Morgan fingerprint density at radius 2 is 1.52 bits per heavy atom. The molecular weight excluding hydrogens is 264 g/mol. The van der Waals surface area contributed by atoms with Crippen LogP contribution in [0.2, 0.25) is 0 Å². The first kappa shape index (κ1) is 18.4. The van der Waals surface area contributed by atoms with Gasteiger partial charge in [-0.05, 0) is 40.5 Å². The quantitative estimate of drug-likeness (QED) is 0.820. The third kappa shape index (κ3) is 4.43. The summed E-state index contributed by atoms with van der Waals surface area (Å²) in [5, 5.41) is 0. The zero-order valence-corrected chi connectivity index (χ0v) is 14.8. The van der Waals surface area contributed by atoms with Crippen LogP contribution >= 0.6 is 0 Å². The Bertz CT molecular complexity index is 342. The van der Waals surface area contributed by atoms with Gasteiger partial charge >= 0.3 is 0 Å². The number of amides is 1. The lowest BCUT2D eigenvalue weighted by atomic mass is 9.77. The molecule has 1 heterocycles. The van der Waals surface area contributed by atoms with E-state index >= 15 is 0 Å². The van der Waals surface area contributed by atoms with Gasteiger partial charge in [-0.25, -0.2) is 0 Å². The van der Waals surface area contributed by atoms with E-state index in [0.29, 0.717) is 19.6 Å². The maximum Gasteiger partial charge on any atom is 0.230 e. The minimum absolute atomic E-state index is 0.221. The van der Waals surface area contributed by atoms with Crippen molar-refractivity contribution in [3.05, 3.63) is 0 Å². The van der Waals surface area contributed by atoms with Gasteiger partial charge in [-0.15, -0.1) is 0 Å². The van der Waals surface area contributed by atoms with Crippen LogP contribution in [0.3, 0.4) is 0 Å². The van der Waals surface area contributed by atoms with Crippen molar-refractivity contribution in [2.75, 3.05) is 19.6 Å². The van der Waals surface area contributed by atoms with Crippen molar-refractivity contribution >= 4 is 5.91 Å². The molecule has 4 nitrogen and oxygen atoms in total. The number of hydrogen-bond donors (Lipinski definition) is 1. The van der Waals surface area contributed by atoms with Crippen molar-refractivity contribution in [1.29, 1.82) is 0 Å². The zero-order valence-electron chi connectivity index (χ0n) is 14.8. The predicted molar refractivity (Wildman–Crippen MR) is 87.1 cm³/mol. The fraction of sp³-hybridized carbons (Fsp3) is 0.941. The molecule has 0 aromatic heterocycles. The highest BCUT2D eigenvalue weighted by Crippen LogP contribution is 2.35. The number of carbonyl (C=O) groups excluding carboxylic acids is 1. The van der Waals surface area contributed by atoms with Gasteiger partial charge in [0.05, 0.1) is 16.6 Å². The van der Waals surface area contributed by atoms with Crippen molar-refractivity contribution in [1.82, 2.24) is 4.90 Å². The molecule has 0 radical (unpaired) electrons. The van der Waals surface area contributed by atoms with Crippen LogP contribution in [0, 0.1) is 5.41 Å².